The van der Waals surface area contributed by atoms with E-state index in [4.69, 9.17) is 5.73 Å². The molecule has 0 aliphatic heterocycles. The van der Waals surface area contributed by atoms with Gasteiger partial charge in [0.05, 0.1) is 0 Å². The van der Waals surface area contributed by atoms with Crippen molar-refractivity contribution in [3.8, 4) is 0 Å². The quantitative estimate of drug-likeness (QED) is 0.465. The summed E-state index contributed by atoms with van der Waals surface area (Å²) in [4.78, 5) is 0. The minimum absolute atomic E-state index is 0.0529. The van der Waals surface area contributed by atoms with Crippen LogP contribution < -0.4 is 5.73 Å². The van der Waals surface area contributed by atoms with Gasteiger partial charge < -0.3 is 10.8 Å². The van der Waals surface area contributed by atoms with Crippen molar-refractivity contribution in [2.75, 3.05) is 0 Å². The molecule has 0 aliphatic rings. The first kappa shape index (κ1) is 29.6. The van der Waals surface area contributed by atoms with Crippen molar-refractivity contribution < 1.29 is 5.11 Å². The molecule has 0 aliphatic carbocycles. The SMILES string of the molecule is CC(C)[C@H](N)C(O)(c1cc(C(C)(C)C)cc(C(C)(C)C)c1)c1cc(C(C)(C)C)cc(C(C)(C)C)c1. The van der Waals surface area contributed by atoms with Gasteiger partial charge in [-0.15, -0.1) is 0 Å². The Morgan fingerprint density at radius 2 is 0.686 bits per heavy atom. The van der Waals surface area contributed by atoms with Gasteiger partial charge in [0.15, 0.2) is 0 Å². The Balaban J connectivity index is 3.06. The summed E-state index contributed by atoms with van der Waals surface area (Å²) in [6.45, 7) is 31.0. The Morgan fingerprint density at radius 1 is 0.486 bits per heavy atom. The minimum atomic E-state index is -1.32. The fraction of sp³-hybridized carbons (Fsp3) is 0.636. The van der Waals surface area contributed by atoms with E-state index in [2.05, 4.69) is 133 Å². The van der Waals surface area contributed by atoms with Crippen LogP contribution in [0.2, 0.25) is 0 Å². The molecule has 0 heterocycles. The summed E-state index contributed by atoms with van der Waals surface area (Å²) >= 11 is 0. The van der Waals surface area contributed by atoms with Crippen molar-refractivity contribution in [2.24, 2.45) is 11.7 Å². The molecule has 0 saturated carbocycles. The van der Waals surface area contributed by atoms with E-state index in [1.807, 2.05) is 0 Å². The second kappa shape index (κ2) is 9.34. The average Bonchev–Trinajstić information content (AvgIpc) is 2.69. The highest BCUT2D eigenvalue weighted by Gasteiger charge is 2.42. The van der Waals surface area contributed by atoms with Crippen LogP contribution >= 0.6 is 0 Å². The fourth-order valence-electron chi connectivity index (χ4n) is 4.46. The minimum Gasteiger partial charge on any atom is -0.379 e. The van der Waals surface area contributed by atoms with Crippen molar-refractivity contribution >= 4 is 0 Å². The maximum Gasteiger partial charge on any atom is 0.130 e. The highest BCUT2D eigenvalue weighted by molar-refractivity contribution is 5.49. The molecular formula is C33H53NO. The smallest absolute Gasteiger partial charge is 0.130 e. The second-order valence-electron chi connectivity index (χ2n) is 15.1. The summed E-state index contributed by atoms with van der Waals surface area (Å²) in [6.07, 6.45) is 0. The van der Waals surface area contributed by atoms with Gasteiger partial charge >= 0.3 is 0 Å². The molecule has 0 saturated heterocycles. The van der Waals surface area contributed by atoms with Gasteiger partial charge in [0.1, 0.15) is 5.60 Å². The molecule has 2 rings (SSSR count). The average molecular weight is 480 g/mol. The van der Waals surface area contributed by atoms with Gasteiger partial charge in [-0.1, -0.05) is 133 Å². The molecule has 0 spiro atoms. The van der Waals surface area contributed by atoms with Crippen LogP contribution in [0.3, 0.4) is 0 Å². The molecule has 2 heteroatoms. The van der Waals surface area contributed by atoms with E-state index >= 15 is 0 Å². The maximum absolute atomic E-state index is 12.8. The zero-order chi connectivity index (χ0) is 27.4. The Labute approximate surface area is 216 Å². The van der Waals surface area contributed by atoms with Gasteiger partial charge in [-0.2, -0.15) is 0 Å². The monoisotopic (exact) mass is 479 g/mol. The van der Waals surface area contributed by atoms with Crippen molar-refractivity contribution in [1.82, 2.24) is 0 Å². The maximum atomic E-state index is 12.8. The highest BCUT2D eigenvalue weighted by atomic mass is 16.3. The topological polar surface area (TPSA) is 46.2 Å². The van der Waals surface area contributed by atoms with Gasteiger partial charge in [0.2, 0.25) is 0 Å². The van der Waals surface area contributed by atoms with Gasteiger partial charge in [0.25, 0.3) is 0 Å². The summed E-state index contributed by atoms with van der Waals surface area (Å²) in [5, 5.41) is 12.8. The van der Waals surface area contributed by atoms with E-state index in [1.165, 1.54) is 22.3 Å². The molecule has 0 fully saturated rings. The number of hydrogen-bond donors (Lipinski definition) is 2. The van der Waals surface area contributed by atoms with E-state index in [-0.39, 0.29) is 27.6 Å². The Morgan fingerprint density at radius 3 is 0.857 bits per heavy atom. The summed E-state index contributed by atoms with van der Waals surface area (Å²) in [5.41, 5.74) is 12.1. The number of rotatable bonds is 4. The zero-order valence-corrected chi connectivity index (χ0v) is 25.1. The van der Waals surface area contributed by atoms with Crippen LogP contribution in [0.25, 0.3) is 0 Å². The van der Waals surface area contributed by atoms with E-state index in [1.54, 1.807) is 0 Å². The highest BCUT2D eigenvalue weighted by Crippen LogP contribution is 2.42. The van der Waals surface area contributed by atoms with Crippen LogP contribution in [0.4, 0.5) is 0 Å². The molecule has 2 aromatic carbocycles. The molecule has 0 aromatic heterocycles. The molecular weight excluding hydrogens is 426 g/mol. The number of nitrogens with two attached hydrogens (primary N) is 1. The molecule has 2 nitrogen and oxygen atoms in total. The van der Waals surface area contributed by atoms with E-state index in [0.29, 0.717) is 0 Å². The van der Waals surface area contributed by atoms with Crippen LogP contribution in [0.15, 0.2) is 36.4 Å². The van der Waals surface area contributed by atoms with Crippen LogP contribution in [0.5, 0.6) is 0 Å². The van der Waals surface area contributed by atoms with E-state index < -0.39 is 11.6 Å². The van der Waals surface area contributed by atoms with Gasteiger partial charge in [-0.3, -0.25) is 0 Å². The van der Waals surface area contributed by atoms with Crippen molar-refractivity contribution in [2.45, 2.75) is 130 Å². The lowest BCUT2D eigenvalue weighted by Crippen LogP contribution is -2.50. The third-order valence-corrected chi connectivity index (χ3v) is 7.41. The number of aliphatic hydroxyl groups is 1. The standard InChI is InChI=1S/C33H53NO/c1-21(2)28(34)33(35,26-17-22(29(3,4)5)15-23(18-26)30(6,7)8)27-19-24(31(9,10)11)16-25(20-27)32(12,13)14/h15-21,28,35H,34H2,1-14H3/t28-/m0/s1. The lowest BCUT2D eigenvalue weighted by molar-refractivity contribution is 0.0348. The summed E-state index contributed by atoms with van der Waals surface area (Å²) in [5.74, 6) is 0.0905. The third-order valence-electron chi connectivity index (χ3n) is 7.41. The predicted molar refractivity (Wildman–Crippen MR) is 153 cm³/mol. The van der Waals surface area contributed by atoms with Crippen molar-refractivity contribution in [3.63, 3.8) is 0 Å². The Hall–Kier alpha value is -1.64. The first-order chi connectivity index (χ1) is 15.5. The van der Waals surface area contributed by atoms with Crippen LogP contribution in [0.1, 0.15) is 130 Å². The molecule has 0 unspecified atom stereocenters. The normalized spacial score (nSPS) is 15.0. The summed E-state index contributed by atoms with van der Waals surface area (Å²) in [6, 6.07) is 12.9. The van der Waals surface area contributed by atoms with Crippen molar-refractivity contribution in [3.05, 3.63) is 69.8 Å². The fourth-order valence-corrected chi connectivity index (χ4v) is 4.46. The molecule has 35 heavy (non-hydrogen) atoms. The van der Waals surface area contributed by atoms with Gasteiger partial charge in [-0.25, -0.2) is 0 Å². The van der Waals surface area contributed by atoms with Gasteiger partial charge in [0, 0.05) is 6.04 Å². The first-order valence-electron chi connectivity index (χ1n) is 13.3. The van der Waals surface area contributed by atoms with Crippen molar-refractivity contribution in [1.29, 1.82) is 0 Å². The second-order valence-corrected chi connectivity index (χ2v) is 15.1. The summed E-state index contributed by atoms with van der Waals surface area (Å²) < 4.78 is 0. The van der Waals surface area contributed by atoms with E-state index in [0.717, 1.165) is 11.1 Å². The van der Waals surface area contributed by atoms with E-state index in [9.17, 15) is 5.11 Å². The first-order valence-corrected chi connectivity index (χ1v) is 13.3. The summed E-state index contributed by atoms with van der Waals surface area (Å²) in [7, 11) is 0. The molecule has 0 radical (unpaired) electrons. The Bertz CT molecular complexity index is 893. The Kier molecular flexibility index (Phi) is 7.90. The molecule has 0 bridgehead atoms. The lowest BCUT2D eigenvalue weighted by Gasteiger charge is -2.40. The van der Waals surface area contributed by atoms with Gasteiger partial charge in [-0.05, 0) is 61.0 Å². The number of hydrogen-bond acceptors (Lipinski definition) is 2. The van der Waals surface area contributed by atoms with Crippen LogP contribution in [-0.2, 0) is 27.3 Å². The molecule has 2 aromatic rings. The zero-order valence-electron chi connectivity index (χ0n) is 25.1. The largest absolute Gasteiger partial charge is 0.379 e. The number of benzene rings is 2. The predicted octanol–water partition coefficient (Wildman–Crippen LogP) is 8.10. The molecule has 196 valence electrons. The molecule has 0 amide bonds. The molecule has 3 N–H and O–H groups in total. The van der Waals surface area contributed by atoms with Crippen LogP contribution in [-0.4, -0.2) is 11.1 Å². The van der Waals surface area contributed by atoms with Crippen LogP contribution in [0, 0.1) is 5.92 Å². The molecule has 1 atom stereocenters. The third kappa shape index (κ3) is 6.38. The lowest BCUT2D eigenvalue weighted by atomic mass is 9.70.